The molecule has 1 aromatic rings. The fourth-order valence-electron chi connectivity index (χ4n) is 2.30. The Labute approximate surface area is 114 Å². The second-order valence-electron chi connectivity index (χ2n) is 4.96. The molecule has 0 radical (unpaired) electrons. The standard InChI is InChI=1S/C15H22N2O2/c1-3-4-15(18)16-13-5-7-14(8-6-13)17-9-10-19-11-12(17)2/h5-8,12H,3-4,9-11H2,1-2H3,(H,16,18). The van der Waals surface area contributed by atoms with Crippen LogP contribution in [0.2, 0.25) is 0 Å². The zero-order chi connectivity index (χ0) is 13.7. The smallest absolute Gasteiger partial charge is 0.224 e. The molecule has 0 saturated carbocycles. The predicted octanol–water partition coefficient (Wildman–Crippen LogP) is 2.65. The zero-order valence-electron chi connectivity index (χ0n) is 11.7. The van der Waals surface area contributed by atoms with Crippen LogP contribution in [-0.2, 0) is 9.53 Å². The molecule has 1 heterocycles. The van der Waals surface area contributed by atoms with E-state index in [9.17, 15) is 4.79 Å². The van der Waals surface area contributed by atoms with E-state index in [1.54, 1.807) is 0 Å². The quantitative estimate of drug-likeness (QED) is 0.907. The van der Waals surface area contributed by atoms with Gasteiger partial charge in [-0.15, -0.1) is 0 Å². The number of rotatable bonds is 4. The highest BCUT2D eigenvalue weighted by molar-refractivity contribution is 5.90. The maximum absolute atomic E-state index is 11.5. The van der Waals surface area contributed by atoms with E-state index in [4.69, 9.17) is 4.74 Å². The number of anilines is 2. The molecule has 0 aromatic heterocycles. The molecule has 1 atom stereocenters. The Morgan fingerprint density at radius 2 is 2.16 bits per heavy atom. The monoisotopic (exact) mass is 262 g/mol. The second kappa shape index (κ2) is 6.57. The first-order chi connectivity index (χ1) is 9.20. The lowest BCUT2D eigenvalue weighted by molar-refractivity contribution is -0.116. The van der Waals surface area contributed by atoms with E-state index in [0.717, 1.165) is 31.9 Å². The second-order valence-corrected chi connectivity index (χ2v) is 4.96. The molecule has 4 nitrogen and oxygen atoms in total. The fourth-order valence-corrected chi connectivity index (χ4v) is 2.30. The molecule has 0 spiro atoms. The number of nitrogens with zero attached hydrogens (tertiary/aromatic N) is 1. The van der Waals surface area contributed by atoms with Gasteiger partial charge in [-0.2, -0.15) is 0 Å². The number of benzene rings is 1. The van der Waals surface area contributed by atoms with Gasteiger partial charge in [0.15, 0.2) is 0 Å². The number of nitrogens with one attached hydrogen (secondary N) is 1. The van der Waals surface area contributed by atoms with Gasteiger partial charge in [-0.1, -0.05) is 6.92 Å². The van der Waals surface area contributed by atoms with Crippen molar-refractivity contribution < 1.29 is 9.53 Å². The first kappa shape index (κ1) is 13.9. The lowest BCUT2D eigenvalue weighted by Crippen LogP contribution is -2.43. The summed E-state index contributed by atoms with van der Waals surface area (Å²) in [5.74, 6) is 0.0787. The largest absolute Gasteiger partial charge is 0.377 e. The lowest BCUT2D eigenvalue weighted by Gasteiger charge is -2.35. The maximum atomic E-state index is 11.5. The van der Waals surface area contributed by atoms with Gasteiger partial charge in [0.2, 0.25) is 5.91 Å². The van der Waals surface area contributed by atoms with Crippen molar-refractivity contribution in [1.29, 1.82) is 0 Å². The zero-order valence-corrected chi connectivity index (χ0v) is 11.7. The number of hydrogen-bond donors (Lipinski definition) is 1. The van der Waals surface area contributed by atoms with Crippen LogP contribution in [-0.4, -0.2) is 31.7 Å². The van der Waals surface area contributed by atoms with Gasteiger partial charge in [0.25, 0.3) is 0 Å². The molecule has 1 N–H and O–H groups in total. The molecule has 1 saturated heterocycles. The average Bonchev–Trinajstić information content (AvgIpc) is 2.41. The predicted molar refractivity (Wildman–Crippen MR) is 77.6 cm³/mol. The maximum Gasteiger partial charge on any atom is 0.224 e. The van der Waals surface area contributed by atoms with Crippen LogP contribution in [0.1, 0.15) is 26.7 Å². The molecular formula is C15H22N2O2. The van der Waals surface area contributed by atoms with Gasteiger partial charge in [0.1, 0.15) is 0 Å². The van der Waals surface area contributed by atoms with Crippen LogP contribution in [0, 0.1) is 0 Å². The van der Waals surface area contributed by atoms with E-state index in [0.29, 0.717) is 12.5 Å². The molecule has 1 aromatic carbocycles. The summed E-state index contributed by atoms with van der Waals surface area (Å²) in [5.41, 5.74) is 2.05. The summed E-state index contributed by atoms with van der Waals surface area (Å²) in [5, 5.41) is 2.90. The average molecular weight is 262 g/mol. The highest BCUT2D eigenvalue weighted by Crippen LogP contribution is 2.21. The van der Waals surface area contributed by atoms with Gasteiger partial charge in [-0.25, -0.2) is 0 Å². The Hall–Kier alpha value is -1.55. The van der Waals surface area contributed by atoms with Crippen molar-refractivity contribution in [2.45, 2.75) is 32.7 Å². The summed E-state index contributed by atoms with van der Waals surface area (Å²) in [6.45, 7) is 6.63. The van der Waals surface area contributed by atoms with E-state index in [1.165, 1.54) is 5.69 Å². The van der Waals surface area contributed by atoms with Crippen molar-refractivity contribution in [3.05, 3.63) is 24.3 Å². The minimum Gasteiger partial charge on any atom is -0.377 e. The molecule has 104 valence electrons. The highest BCUT2D eigenvalue weighted by atomic mass is 16.5. The van der Waals surface area contributed by atoms with Crippen LogP contribution >= 0.6 is 0 Å². The Kier molecular flexibility index (Phi) is 4.80. The first-order valence-electron chi connectivity index (χ1n) is 6.95. The minimum atomic E-state index is 0.0787. The molecule has 0 aliphatic carbocycles. The van der Waals surface area contributed by atoms with Crippen LogP contribution in [0.4, 0.5) is 11.4 Å². The van der Waals surface area contributed by atoms with Crippen molar-refractivity contribution in [1.82, 2.24) is 0 Å². The molecule has 19 heavy (non-hydrogen) atoms. The molecule has 1 amide bonds. The van der Waals surface area contributed by atoms with Crippen LogP contribution in [0.15, 0.2) is 24.3 Å². The third-order valence-electron chi connectivity index (χ3n) is 3.33. The van der Waals surface area contributed by atoms with Crippen LogP contribution in [0.3, 0.4) is 0 Å². The van der Waals surface area contributed by atoms with E-state index in [2.05, 4.69) is 29.3 Å². The Morgan fingerprint density at radius 1 is 1.42 bits per heavy atom. The van der Waals surface area contributed by atoms with Gasteiger partial charge in [-0.05, 0) is 37.6 Å². The SMILES string of the molecule is CCCC(=O)Nc1ccc(N2CCOCC2C)cc1. The summed E-state index contributed by atoms with van der Waals surface area (Å²) in [6.07, 6.45) is 1.44. The molecule has 0 bridgehead atoms. The molecule has 2 rings (SSSR count). The van der Waals surface area contributed by atoms with Crippen molar-refractivity contribution in [3.8, 4) is 0 Å². The van der Waals surface area contributed by atoms with Crippen molar-refractivity contribution in [3.63, 3.8) is 0 Å². The Balaban J connectivity index is 1.99. The first-order valence-corrected chi connectivity index (χ1v) is 6.95. The van der Waals surface area contributed by atoms with Crippen LogP contribution in [0.25, 0.3) is 0 Å². The van der Waals surface area contributed by atoms with Gasteiger partial charge >= 0.3 is 0 Å². The summed E-state index contributed by atoms with van der Waals surface area (Å²) < 4.78 is 5.44. The number of carbonyl (C=O) groups is 1. The number of carbonyl (C=O) groups excluding carboxylic acids is 1. The fraction of sp³-hybridized carbons (Fsp3) is 0.533. The lowest BCUT2D eigenvalue weighted by atomic mass is 10.2. The number of hydrogen-bond acceptors (Lipinski definition) is 3. The molecular weight excluding hydrogens is 240 g/mol. The van der Waals surface area contributed by atoms with Crippen LogP contribution in [0.5, 0.6) is 0 Å². The summed E-state index contributed by atoms with van der Waals surface area (Å²) in [4.78, 5) is 13.8. The number of morpholine rings is 1. The van der Waals surface area contributed by atoms with Crippen LogP contribution < -0.4 is 10.2 Å². The topological polar surface area (TPSA) is 41.6 Å². The third kappa shape index (κ3) is 3.70. The van der Waals surface area contributed by atoms with E-state index in [1.807, 2.05) is 19.1 Å². The Bertz CT molecular complexity index is 417. The normalized spacial score (nSPS) is 19.3. The van der Waals surface area contributed by atoms with Gasteiger partial charge in [0, 0.05) is 30.4 Å². The van der Waals surface area contributed by atoms with E-state index < -0.39 is 0 Å². The molecule has 1 fully saturated rings. The van der Waals surface area contributed by atoms with Crippen molar-refractivity contribution in [2.24, 2.45) is 0 Å². The summed E-state index contributed by atoms with van der Waals surface area (Å²) in [6, 6.07) is 8.44. The third-order valence-corrected chi connectivity index (χ3v) is 3.33. The molecule has 1 unspecified atom stereocenters. The highest BCUT2D eigenvalue weighted by Gasteiger charge is 2.18. The molecule has 4 heteroatoms. The molecule has 1 aliphatic rings. The Morgan fingerprint density at radius 3 is 2.79 bits per heavy atom. The number of ether oxygens (including phenoxy) is 1. The number of amides is 1. The van der Waals surface area contributed by atoms with Crippen molar-refractivity contribution >= 4 is 17.3 Å². The van der Waals surface area contributed by atoms with E-state index in [-0.39, 0.29) is 5.91 Å². The minimum absolute atomic E-state index is 0.0787. The van der Waals surface area contributed by atoms with E-state index >= 15 is 0 Å². The molecule has 1 aliphatic heterocycles. The van der Waals surface area contributed by atoms with Gasteiger partial charge in [0.05, 0.1) is 13.2 Å². The van der Waals surface area contributed by atoms with Gasteiger partial charge in [-0.3, -0.25) is 4.79 Å². The summed E-state index contributed by atoms with van der Waals surface area (Å²) in [7, 11) is 0. The summed E-state index contributed by atoms with van der Waals surface area (Å²) >= 11 is 0. The van der Waals surface area contributed by atoms with Gasteiger partial charge < -0.3 is 15.0 Å². The van der Waals surface area contributed by atoms with Crippen molar-refractivity contribution in [2.75, 3.05) is 30.0 Å².